The Labute approximate surface area is 159 Å². The molecule has 2 aliphatic heterocycles. The molecule has 3 aromatic rings. The van der Waals surface area contributed by atoms with Gasteiger partial charge < -0.3 is 14.6 Å². The van der Waals surface area contributed by atoms with E-state index in [2.05, 4.69) is 44.4 Å². The maximum atomic E-state index is 5.84. The maximum Gasteiger partial charge on any atom is 0.150 e. The van der Waals surface area contributed by atoms with Gasteiger partial charge in [-0.1, -0.05) is 6.07 Å². The lowest BCUT2D eigenvalue weighted by molar-refractivity contribution is -0.0394. The van der Waals surface area contributed by atoms with Crippen LogP contribution in [-0.2, 0) is 11.3 Å². The van der Waals surface area contributed by atoms with E-state index < -0.39 is 0 Å². The number of hydrogen-bond donors (Lipinski definition) is 1. The highest BCUT2D eigenvalue weighted by Gasteiger charge is 2.18. The Morgan fingerprint density at radius 2 is 2.04 bits per heavy atom. The fourth-order valence-electron chi connectivity index (χ4n) is 4.31. The van der Waals surface area contributed by atoms with Crippen LogP contribution in [0.5, 0.6) is 0 Å². The van der Waals surface area contributed by atoms with E-state index in [0.29, 0.717) is 0 Å². The Bertz CT molecular complexity index is 902. The maximum absolute atomic E-state index is 5.84. The molecule has 1 N–H and O–H groups in total. The molecule has 0 aliphatic carbocycles. The minimum absolute atomic E-state index is 0.0837. The molecule has 2 aliphatic rings. The first kappa shape index (κ1) is 17.0. The second kappa shape index (κ2) is 7.44. The summed E-state index contributed by atoms with van der Waals surface area (Å²) in [6.07, 6.45) is 12.0. The summed E-state index contributed by atoms with van der Waals surface area (Å²) in [6, 6.07) is 6.57. The topological polar surface area (TPSA) is 56.9 Å². The number of benzene rings is 1. The molecule has 0 bridgehead atoms. The van der Waals surface area contributed by atoms with E-state index in [4.69, 9.17) is 4.74 Å². The van der Waals surface area contributed by atoms with Crippen molar-refractivity contribution in [3.63, 3.8) is 0 Å². The molecule has 2 fully saturated rings. The lowest BCUT2D eigenvalue weighted by Crippen LogP contribution is -2.29. The first-order valence-corrected chi connectivity index (χ1v) is 10.2. The van der Waals surface area contributed by atoms with Crippen LogP contribution < -0.4 is 5.32 Å². The van der Waals surface area contributed by atoms with Crippen molar-refractivity contribution in [3.05, 3.63) is 36.9 Å². The fraction of sp³-hybridized carbons (Fsp3) is 0.524. The van der Waals surface area contributed by atoms with E-state index >= 15 is 0 Å². The van der Waals surface area contributed by atoms with Crippen molar-refractivity contribution in [3.8, 4) is 11.1 Å². The summed E-state index contributed by atoms with van der Waals surface area (Å²) >= 11 is 0. The molecule has 142 valence electrons. The number of imidazole rings is 1. The molecule has 2 aromatic heterocycles. The average molecular weight is 365 g/mol. The average Bonchev–Trinajstić information content (AvgIpc) is 3.37. The van der Waals surface area contributed by atoms with Crippen molar-refractivity contribution in [2.45, 2.75) is 44.9 Å². The van der Waals surface area contributed by atoms with E-state index in [1.807, 2.05) is 17.2 Å². The van der Waals surface area contributed by atoms with Crippen molar-refractivity contribution in [2.75, 3.05) is 19.7 Å². The zero-order valence-corrected chi connectivity index (χ0v) is 15.7. The van der Waals surface area contributed by atoms with E-state index in [1.165, 1.54) is 24.8 Å². The molecule has 0 saturated carbocycles. The first-order chi connectivity index (χ1) is 13.4. The third-order valence-electron chi connectivity index (χ3n) is 5.92. The minimum atomic E-state index is 0.0837. The largest absolute Gasteiger partial charge is 0.357 e. The summed E-state index contributed by atoms with van der Waals surface area (Å²) in [5.41, 5.74) is 4.57. The highest BCUT2D eigenvalue weighted by atomic mass is 16.5. The van der Waals surface area contributed by atoms with Gasteiger partial charge in [-0.2, -0.15) is 5.10 Å². The lowest BCUT2D eigenvalue weighted by Gasteiger charge is -2.23. The van der Waals surface area contributed by atoms with Gasteiger partial charge in [0, 0.05) is 24.9 Å². The van der Waals surface area contributed by atoms with Crippen LogP contribution in [0, 0.1) is 5.92 Å². The van der Waals surface area contributed by atoms with Crippen LogP contribution in [0.4, 0.5) is 0 Å². The van der Waals surface area contributed by atoms with Gasteiger partial charge in [-0.3, -0.25) is 0 Å². The number of piperidine rings is 1. The second-order valence-electron chi connectivity index (χ2n) is 7.82. The number of ether oxygens (including phenoxy) is 1. The smallest absolute Gasteiger partial charge is 0.150 e. The summed E-state index contributed by atoms with van der Waals surface area (Å²) in [6.45, 7) is 4.17. The number of rotatable bonds is 4. The number of aromatic nitrogens is 4. The predicted octanol–water partition coefficient (Wildman–Crippen LogP) is 3.60. The lowest BCUT2D eigenvalue weighted by atomic mass is 9.98. The third-order valence-corrected chi connectivity index (χ3v) is 5.92. The Morgan fingerprint density at radius 1 is 1.11 bits per heavy atom. The van der Waals surface area contributed by atoms with Crippen LogP contribution in [-0.4, -0.2) is 39.0 Å². The molecule has 6 nitrogen and oxygen atoms in total. The highest BCUT2D eigenvalue weighted by molar-refractivity contribution is 5.81. The third kappa shape index (κ3) is 3.51. The van der Waals surface area contributed by atoms with Crippen molar-refractivity contribution < 1.29 is 4.74 Å². The van der Waals surface area contributed by atoms with E-state index in [9.17, 15) is 0 Å². The fourth-order valence-corrected chi connectivity index (χ4v) is 4.31. The first-order valence-electron chi connectivity index (χ1n) is 10.2. The van der Waals surface area contributed by atoms with Gasteiger partial charge in [0.15, 0.2) is 0 Å². The van der Waals surface area contributed by atoms with Gasteiger partial charge in [0.1, 0.15) is 6.23 Å². The number of nitrogens with one attached hydrogen (secondary N) is 1. The molecule has 6 heteroatoms. The Hall–Kier alpha value is -2.18. The van der Waals surface area contributed by atoms with Gasteiger partial charge in [-0.15, -0.1) is 0 Å². The number of fused-ring (bicyclic) bond motifs is 1. The predicted molar refractivity (Wildman–Crippen MR) is 105 cm³/mol. The van der Waals surface area contributed by atoms with Crippen LogP contribution >= 0.6 is 0 Å². The highest BCUT2D eigenvalue weighted by Crippen LogP contribution is 2.28. The zero-order chi connectivity index (χ0) is 18.1. The summed E-state index contributed by atoms with van der Waals surface area (Å²) in [5.74, 6) is 0.747. The second-order valence-corrected chi connectivity index (χ2v) is 7.82. The molecule has 1 atom stereocenters. The molecule has 2 saturated heterocycles. The molecule has 4 heterocycles. The molecule has 0 amide bonds. The summed E-state index contributed by atoms with van der Waals surface area (Å²) in [5, 5.41) is 7.98. The molecule has 27 heavy (non-hydrogen) atoms. The monoisotopic (exact) mass is 365 g/mol. The van der Waals surface area contributed by atoms with Gasteiger partial charge in [0.2, 0.25) is 0 Å². The van der Waals surface area contributed by atoms with Crippen LogP contribution in [0.1, 0.15) is 38.3 Å². The summed E-state index contributed by atoms with van der Waals surface area (Å²) < 4.78 is 10.1. The van der Waals surface area contributed by atoms with Gasteiger partial charge >= 0.3 is 0 Å². The van der Waals surface area contributed by atoms with Crippen molar-refractivity contribution in [1.29, 1.82) is 0 Å². The normalized spacial score (nSPS) is 21.7. The van der Waals surface area contributed by atoms with Gasteiger partial charge in [-0.05, 0) is 68.8 Å². The van der Waals surface area contributed by atoms with E-state index in [0.717, 1.165) is 61.6 Å². The Kier molecular flexibility index (Phi) is 4.67. The Balaban J connectivity index is 1.36. The standard InChI is InChI=1S/C21H27N5O/c1-2-10-27-21(3-1)26-14-18(12-24-26)17-4-5-20-19(11-17)23-15-25(20)13-16-6-8-22-9-7-16/h4-5,11-12,14-16,21-22H,1-3,6-10,13H2. The van der Waals surface area contributed by atoms with Gasteiger partial charge in [0.05, 0.1) is 23.6 Å². The van der Waals surface area contributed by atoms with Gasteiger partial charge in [-0.25, -0.2) is 9.67 Å². The van der Waals surface area contributed by atoms with Crippen LogP contribution in [0.15, 0.2) is 36.9 Å². The van der Waals surface area contributed by atoms with E-state index in [1.54, 1.807) is 0 Å². The molecule has 1 aromatic carbocycles. The Morgan fingerprint density at radius 3 is 2.89 bits per heavy atom. The van der Waals surface area contributed by atoms with Crippen LogP contribution in [0.2, 0.25) is 0 Å². The molecule has 0 spiro atoms. The van der Waals surface area contributed by atoms with E-state index in [-0.39, 0.29) is 6.23 Å². The summed E-state index contributed by atoms with van der Waals surface area (Å²) in [4.78, 5) is 4.66. The van der Waals surface area contributed by atoms with Crippen molar-refractivity contribution >= 4 is 11.0 Å². The SMILES string of the molecule is c1cc2c(cc1-c1cnn(C3CCCCO3)c1)ncn2CC1CCNCC1. The van der Waals surface area contributed by atoms with Gasteiger partial charge in [0.25, 0.3) is 0 Å². The minimum Gasteiger partial charge on any atom is -0.357 e. The molecule has 0 radical (unpaired) electrons. The molecule has 1 unspecified atom stereocenters. The van der Waals surface area contributed by atoms with Crippen LogP contribution in [0.25, 0.3) is 22.2 Å². The molecule has 5 rings (SSSR count). The summed E-state index contributed by atoms with van der Waals surface area (Å²) in [7, 11) is 0. The molecular weight excluding hydrogens is 338 g/mol. The zero-order valence-electron chi connectivity index (χ0n) is 15.7. The molecular formula is C21H27N5O. The van der Waals surface area contributed by atoms with Crippen molar-refractivity contribution in [2.24, 2.45) is 5.92 Å². The number of hydrogen-bond acceptors (Lipinski definition) is 4. The van der Waals surface area contributed by atoms with Crippen LogP contribution in [0.3, 0.4) is 0 Å². The number of nitrogens with zero attached hydrogens (tertiary/aromatic N) is 4. The van der Waals surface area contributed by atoms with Crippen molar-refractivity contribution in [1.82, 2.24) is 24.6 Å². The quantitative estimate of drug-likeness (QED) is 0.767.